The zero-order valence-electron chi connectivity index (χ0n) is 16.2. The number of carbonyl (C=O) groups is 1. The first kappa shape index (κ1) is 19.0. The minimum Gasteiger partial charge on any atom is -0.481 e. The average Bonchev–Trinajstić information content (AvgIpc) is 2.68. The Kier molecular flexibility index (Phi) is 5.84. The standard InChI is InChI=1S/C21H27N3O3/c1-13(2)18-14(3)19(20-16(22-18)10-11-17(23-20)26-4)24-21(25)27-12-15-8-6-5-7-9-15/h5-11,13-14,18-19,22H,12H2,1-4H3,(H,24,25)/t14-,18-,19+/m1/s1. The van der Waals surface area contributed by atoms with Gasteiger partial charge in [-0.3, -0.25) is 0 Å². The first-order valence-corrected chi connectivity index (χ1v) is 9.28. The molecule has 2 heterocycles. The molecule has 1 aliphatic rings. The van der Waals surface area contributed by atoms with Crippen molar-refractivity contribution in [1.29, 1.82) is 0 Å². The van der Waals surface area contributed by atoms with Crippen LogP contribution < -0.4 is 15.4 Å². The van der Waals surface area contributed by atoms with E-state index < -0.39 is 6.09 Å². The summed E-state index contributed by atoms with van der Waals surface area (Å²) in [6.45, 7) is 6.68. The number of anilines is 1. The Morgan fingerprint density at radius 3 is 2.63 bits per heavy atom. The van der Waals surface area contributed by atoms with E-state index in [9.17, 15) is 4.79 Å². The molecule has 3 atom stereocenters. The Morgan fingerprint density at radius 2 is 1.96 bits per heavy atom. The van der Waals surface area contributed by atoms with Gasteiger partial charge in [0.1, 0.15) is 6.61 Å². The van der Waals surface area contributed by atoms with Crippen molar-refractivity contribution in [2.45, 2.75) is 39.5 Å². The number of ether oxygens (including phenoxy) is 2. The molecule has 6 heteroatoms. The predicted octanol–water partition coefficient (Wildman–Crippen LogP) is 4.14. The summed E-state index contributed by atoms with van der Waals surface area (Å²) in [5.74, 6) is 1.07. The van der Waals surface area contributed by atoms with Crippen molar-refractivity contribution < 1.29 is 14.3 Å². The highest BCUT2D eigenvalue weighted by Crippen LogP contribution is 2.38. The van der Waals surface area contributed by atoms with Crippen molar-refractivity contribution in [3.63, 3.8) is 0 Å². The van der Waals surface area contributed by atoms with Gasteiger partial charge in [-0.2, -0.15) is 0 Å². The molecule has 144 valence electrons. The molecule has 0 saturated carbocycles. The molecule has 2 aromatic rings. The van der Waals surface area contributed by atoms with Crippen LogP contribution in [-0.2, 0) is 11.3 Å². The van der Waals surface area contributed by atoms with Gasteiger partial charge in [-0.05, 0) is 17.5 Å². The van der Waals surface area contributed by atoms with Gasteiger partial charge in [0.25, 0.3) is 0 Å². The Hall–Kier alpha value is -2.76. The maximum absolute atomic E-state index is 12.5. The van der Waals surface area contributed by atoms with E-state index >= 15 is 0 Å². The molecule has 1 amide bonds. The number of nitrogens with zero attached hydrogens (tertiary/aromatic N) is 1. The van der Waals surface area contributed by atoms with Crippen molar-refractivity contribution in [2.75, 3.05) is 12.4 Å². The van der Waals surface area contributed by atoms with Gasteiger partial charge in [0, 0.05) is 18.0 Å². The molecule has 1 aliphatic heterocycles. The summed E-state index contributed by atoms with van der Waals surface area (Å²) >= 11 is 0. The number of methoxy groups -OCH3 is 1. The fraction of sp³-hybridized carbons (Fsp3) is 0.429. The molecule has 0 spiro atoms. The molecule has 0 bridgehead atoms. The van der Waals surface area contributed by atoms with Crippen LogP contribution in [0, 0.1) is 11.8 Å². The first-order chi connectivity index (χ1) is 13.0. The molecular weight excluding hydrogens is 342 g/mol. The summed E-state index contributed by atoms with van der Waals surface area (Å²) in [6.07, 6.45) is -0.448. The van der Waals surface area contributed by atoms with Crippen LogP contribution in [0.4, 0.5) is 10.5 Å². The van der Waals surface area contributed by atoms with E-state index in [0.29, 0.717) is 11.8 Å². The maximum Gasteiger partial charge on any atom is 0.408 e. The third kappa shape index (κ3) is 4.32. The number of carbonyl (C=O) groups excluding carboxylic acids is 1. The van der Waals surface area contributed by atoms with Gasteiger partial charge in [0.15, 0.2) is 0 Å². The minimum absolute atomic E-state index is 0.140. The highest BCUT2D eigenvalue weighted by Gasteiger charge is 2.37. The number of fused-ring (bicyclic) bond motifs is 1. The van der Waals surface area contributed by atoms with Crippen LogP contribution in [0.1, 0.15) is 38.1 Å². The van der Waals surface area contributed by atoms with E-state index in [1.165, 1.54) is 0 Å². The van der Waals surface area contributed by atoms with Gasteiger partial charge in [-0.1, -0.05) is 51.1 Å². The number of hydrogen-bond donors (Lipinski definition) is 2. The molecule has 0 aliphatic carbocycles. The Morgan fingerprint density at radius 1 is 1.22 bits per heavy atom. The number of aromatic nitrogens is 1. The average molecular weight is 369 g/mol. The second-order valence-corrected chi connectivity index (χ2v) is 7.24. The molecular formula is C21H27N3O3. The van der Waals surface area contributed by atoms with Gasteiger partial charge < -0.3 is 20.1 Å². The van der Waals surface area contributed by atoms with Gasteiger partial charge in [-0.25, -0.2) is 9.78 Å². The molecule has 1 aromatic carbocycles. The fourth-order valence-corrected chi connectivity index (χ4v) is 3.56. The quantitative estimate of drug-likeness (QED) is 0.828. The summed E-state index contributed by atoms with van der Waals surface area (Å²) in [5.41, 5.74) is 2.64. The van der Waals surface area contributed by atoms with Gasteiger partial charge in [0.2, 0.25) is 5.88 Å². The summed E-state index contributed by atoms with van der Waals surface area (Å²) in [6, 6.07) is 13.4. The van der Waals surface area contributed by atoms with Crippen molar-refractivity contribution in [2.24, 2.45) is 11.8 Å². The van der Waals surface area contributed by atoms with Crippen molar-refractivity contribution >= 4 is 11.8 Å². The highest BCUT2D eigenvalue weighted by atomic mass is 16.5. The minimum atomic E-state index is -0.448. The van der Waals surface area contributed by atoms with Crippen molar-refractivity contribution in [3.05, 3.63) is 53.7 Å². The number of nitrogens with one attached hydrogen (secondary N) is 2. The monoisotopic (exact) mass is 369 g/mol. The molecule has 27 heavy (non-hydrogen) atoms. The molecule has 0 fully saturated rings. The lowest BCUT2D eigenvalue weighted by Gasteiger charge is -2.40. The molecule has 0 saturated heterocycles. The topological polar surface area (TPSA) is 72.5 Å². The number of alkyl carbamates (subject to hydrolysis) is 1. The SMILES string of the molecule is COc1ccc2c(n1)[C@@H](NC(=O)OCc1ccccc1)[C@H](C)[C@@H](C(C)C)N2. The zero-order valence-corrected chi connectivity index (χ0v) is 16.2. The smallest absolute Gasteiger partial charge is 0.408 e. The fourth-order valence-electron chi connectivity index (χ4n) is 3.56. The van der Waals surface area contributed by atoms with E-state index in [-0.39, 0.29) is 24.6 Å². The Labute approximate surface area is 160 Å². The molecule has 1 aromatic heterocycles. The predicted molar refractivity (Wildman–Crippen MR) is 105 cm³/mol. The van der Waals surface area contributed by atoms with Gasteiger partial charge in [-0.15, -0.1) is 0 Å². The van der Waals surface area contributed by atoms with Gasteiger partial charge >= 0.3 is 6.09 Å². The third-order valence-electron chi connectivity index (χ3n) is 5.02. The van der Waals surface area contributed by atoms with Crippen LogP contribution in [0.15, 0.2) is 42.5 Å². The normalized spacial score (nSPS) is 21.1. The van der Waals surface area contributed by atoms with E-state index in [1.54, 1.807) is 7.11 Å². The van der Waals surface area contributed by atoms with Crippen molar-refractivity contribution in [3.8, 4) is 5.88 Å². The summed E-state index contributed by atoms with van der Waals surface area (Å²) < 4.78 is 10.7. The second-order valence-electron chi connectivity index (χ2n) is 7.24. The van der Waals surface area contributed by atoms with Crippen LogP contribution in [0.2, 0.25) is 0 Å². The summed E-state index contributed by atoms with van der Waals surface area (Å²) in [4.78, 5) is 17.0. The molecule has 0 radical (unpaired) electrons. The van der Waals surface area contributed by atoms with E-state index in [0.717, 1.165) is 16.9 Å². The van der Waals surface area contributed by atoms with Crippen molar-refractivity contribution in [1.82, 2.24) is 10.3 Å². The number of rotatable bonds is 5. The lowest BCUT2D eigenvalue weighted by atomic mass is 9.81. The van der Waals surface area contributed by atoms with Crippen LogP contribution >= 0.6 is 0 Å². The Bertz CT molecular complexity index is 779. The van der Waals surface area contributed by atoms with Gasteiger partial charge in [0.05, 0.1) is 24.5 Å². The summed E-state index contributed by atoms with van der Waals surface area (Å²) in [5, 5.41) is 6.56. The van der Waals surface area contributed by atoms with E-state index in [2.05, 4.69) is 36.4 Å². The third-order valence-corrected chi connectivity index (χ3v) is 5.02. The number of pyridine rings is 1. The van der Waals surface area contributed by atoms with Crippen LogP contribution in [-0.4, -0.2) is 24.2 Å². The highest BCUT2D eigenvalue weighted by molar-refractivity contribution is 5.69. The van der Waals surface area contributed by atoms with Crippen LogP contribution in [0.5, 0.6) is 5.88 Å². The largest absolute Gasteiger partial charge is 0.481 e. The lowest BCUT2D eigenvalue weighted by Crippen LogP contribution is -2.46. The molecule has 3 rings (SSSR count). The van der Waals surface area contributed by atoms with Crippen LogP contribution in [0.3, 0.4) is 0 Å². The number of hydrogen-bond acceptors (Lipinski definition) is 5. The number of amides is 1. The Balaban J connectivity index is 1.78. The number of benzene rings is 1. The van der Waals surface area contributed by atoms with Crippen LogP contribution in [0.25, 0.3) is 0 Å². The molecule has 0 unspecified atom stereocenters. The second kappa shape index (κ2) is 8.29. The van der Waals surface area contributed by atoms with E-state index in [1.807, 2.05) is 42.5 Å². The lowest BCUT2D eigenvalue weighted by molar-refractivity contribution is 0.129. The maximum atomic E-state index is 12.5. The molecule has 2 N–H and O–H groups in total. The summed E-state index contributed by atoms with van der Waals surface area (Å²) in [7, 11) is 1.59. The first-order valence-electron chi connectivity index (χ1n) is 9.28. The van der Waals surface area contributed by atoms with E-state index in [4.69, 9.17) is 9.47 Å². The zero-order chi connectivity index (χ0) is 19.4. The molecule has 6 nitrogen and oxygen atoms in total.